The molecule has 0 atom stereocenters. The molecular formula is C28H19N3O3S. The maximum absolute atomic E-state index is 13.9. The van der Waals surface area contributed by atoms with E-state index in [1.165, 1.54) is 16.2 Å². The van der Waals surface area contributed by atoms with E-state index in [9.17, 15) is 9.59 Å². The first-order chi connectivity index (χ1) is 17.1. The van der Waals surface area contributed by atoms with Crippen molar-refractivity contribution in [3.8, 4) is 0 Å². The molecule has 6 rings (SSSR count). The van der Waals surface area contributed by atoms with Crippen LogP contribution < -0.4 is 10.5 Å². The largest absolute Gasteiger partial charge is 0.422 e. The highest BCUT2D eigenvalue weighted by molar-refractivity contribution is 7.22. The number of hydrogen-bond donors (Lipinski definition) is 0. The Morgan fingerprint density at radius 1 is 1.00 bits per heavy atom. The minimum atomic E-state index is -0.675. The lowest BCUT2D eigenvalue weighted by Crippen LogP contribution is -2.33. The Hall–Kier alpha value is -4.36. The van der Waals surface area contributed by atoms with E-state index in [2.05, 4.69) is 4.98 Å². The average Bonchev–Trinajstić information content (AvgIpc) is 3.30. The summed E-state index contributed by atoms with van der Waals surface area (Å²) in [5, 5.41) is 3.14. The number of aromatic nitrogens is 2. The van der Waals surface area contributed by atoms with Gasteiger partial charge >= 0.3 is 5.63 Å². The van der Waals surface area contributed by atoms with Crippen LogP contribution in [0.5, 0.6) is 0 Å². The summed E-state index contributed by atoms with van der Waals surface area (Å²) in [6.45, 7) is 2.24. The number of anilines is 1. The molecule has 0 spiro atoms. The predicted molar refractivity (Wildman–Crippen MR) is 139 cm³/mol. The van der Waals surface area contributed by atoms with Crippen LogP contribution in [0.25, 0.3) is 32.0 Å². The summed E-state index contributed by atoms with van der Waals surface area (Å²) >= 11 is 1.41. The van der Waals surface area contributed by atoms with Gasteiger partial charge in [0.2, 0.25) is 0 Å². The van der Waals surface area contributed by atoms with Gasteiger partial charge in [0.05, 0.1) is 16.8 Å². The molecule has 170 valence electrons. The predicted octanol–water partition coefficient (Wildman–Crippen LogP) is 6.11. The van der Waals surface area contributed by atoms with Gasteiger partial charge in [-0.05, 0) is 59.2 Å². The highest BCUT2D eigenvalue weighted by Gasteiger charge is 2.25. The van der Waals surface area contributed by atoms with Gasteiger partial charge in [0.25, 0.3) is 5.91 Å². The third-order valence-corrected chi connectivity index (χ3v) is 6.99. The fourth-order valence-corrected chi connectivity index (χ4v) is 5.26. The number of aryl methyl sites for hydroxylation is 1. The number of pyridine rings is 1. The van der Waals surface area contributed by atoms with Gasteiger partial charge in [-0.1, -0.05) is 53.8 Å². The third kappa shape index (κ3) is 3.86. The number of carbonyl (C=O) groups is 1. The van der Waals surface area contributed by atoms with Crippen LogP contribution in [0.3, 0.4) is 0 Å². The fraction of sp³-hybridized carbons (Fsp3) is 0.0714. The number of benzene rings is 3. The summed E-state index contributed by atoms with van der Waals surface area (Å²) < 4.78 is 6.57. The highest BCUT2D eigenvalue weighted by Crippen LogP contribution is 2.32. The molecule has 6 nitrogen and oxygen atoms in total. The molecule has 0 aliphatic heterocycles. The highest BCUT2D eigenvalue weighted by atomic mass is 32.1. The third-order valence-electron chi connectivity index (χ3n) is 5.94. The first-order valence-corrected chi connectivity index (χ1v) is 11.9. The molecule has 6 aromatic rings. The summed E-state index contributed by atoms with van der Waals surface area (Å²) in [4.78, 5) is 37.3. The molecule has 0 bridgehead atoms. The zero-order valence-electron chi connectivity index (χ0n) is 18.8. The number of rotatable bonds is 4. The maximum Gasteiger partial charge on any atom is 0.349 e. The van der Waals surface area contributed by atoms with E-state index >= 15 is 0 Å². The number of fused-ring (bicyclic) bond motifs is 4. The minimum absolute atomic E-state index is 0.0341. The van der Waals surface area contributed by atoms with Crippen molar-refractivity contribution >= 4 is 54.3 Å². The van der Waals surface area contributed by atoms with E-state index in [1.54, 1.807) is 24.5 Å². The molecule has 0 unspecified atom stereocenters. The Labute approximate surface area is 204 Å². The monoisotopic (exact) mass is 477 g/mol. The van der Waals surface area contributed by atoms with Crippen molar-refractivity contribution in [3.05, 3.63) is 112 Å². The number of hydrogen-bond acceptors (Lipinski definition) is 6. The molecule has 0 saturated heterocycles. The van der Waals surface area contributed by atoms with E-state index in [-0.39, 0.29) is 12.1 Å². The van der Waals surface area contributed by atoms with E-state index in [4.69, 9.17) is 9.40 Å². The summed E-state index contributed by atoms with van der Waals surface area (Å²) in [6.07, 6.45) is 3.38. The molecule has 7 heteroatoms. The van der Waals surface area contributed by atoms with Gasteiger partial charge in [-0.15, -0.1) is 0 Å². The van der Waals surface area contributed by atoms with Crippen molar-refractivity contribution in [2.45, 2.75) is 13.5 Å². The van der Waals surface area contributed by atoms with Crippen LogP contribution in [-0.2, 0) is 6.54 Å². The zero-order valence-corrected chi connectivity index (χ0v) is 19.6. The standard InChI is InChI=1S/C28H19N3O3S/c1-17-8-10-23-25(13-17)35-28(30-23)31(16-18-5-4-12-29-15-18)26(32)22-14-21-20-7-3-2-6-19(20)9-11-24(21)34-27(22)33/h2-15H,16H2,1H3. The van der Waals surface area contributed by atoms with Crippen LogP contribution in [0.15, 0.2) is 94.4 Å². The molecule has 0 aliphatic rings. The summed E-state index contributed by atoms with van der Waals surface area (Å²) in [5.74, 6) is -0.465. The fourth-order valence-electron chi connectivity index (χ4n) is 4.20. The maximum atomic E-state index is 13.9. The van der Waals surface area contributed by atoms with E-state index in [0.717, 1.165) is 32.1 Å². The van der Waals surface area contributed by atoms with Crippen LogP contribution >= 0.6 is 11.3 Å². The van der Waals surface area contributed by atoms with Crippen molar-refractivity contribution < 1.29 is 9.21 Å². The van der Waals surface area contributed by atoms with Gasteiger partial charge in [-0.25, -0.2) is 9.78 Å². The summed E-state index contributed by atoms with van der Waals surface area (Å²) in [5.41, 5.74) is 2.47. The average molecular weight is 478 g/mol. The van der Waals surface area contributed by atoms with E-state index in [1.807, 2.05) is 67.6 Å². The Balaban J connectivity index is 1.52. The number of amides is 1. The molecule has 3 aromatic carbocycles. The topological polar surface area (TPSA) is 76.3 Å². The number of thiazole rings is 1. The summed E-state index contributed by atoms with van der Waals surface area (Å²) in [7, 11) is 0. The van der Waals surface area contributed by atoms with E-state index in [0.29, 0.717) is 16.1 Å². The number of carbonyl (C=O) groups excluding carboxylic acids is 1. The quantitative estimate of drug-likeness (QED) is 0.226. The van der Waals surface area contributed by atoms with Crippen LogP contribution in [0.1, 0.15) is 21.5 Å². The molecule has 3 aromatic heterocycles. The van der Waals surface area contributed by atoms with Crippen LogP contribution in [0.4, 0.5) is 5.13 Å². The smallest absolute Gasteiger partial charge is 0.349 e. The van der Waals surface area contributed by atoms with Crippen molar-refractivity contribution in [2.75, 3.05) is 4.90 Å². The Kier molecular flexibility index (Phi) is 5.12. The number of nitrogens with zero attached hydrogens (tertiary/aromatic N) is 3. The molecule has 0 aliphatic carbocycles. The lowest BCUT2D eigenvalue weighted by molar-refractivity contribution is 0.0981. The van der Waals surface area contributed by atoms with Gasteiger partial charge in [0, 0.05) is 17.8 Å². The SMILES string of the molecule is Cc1ccc2nc(N(Cc3cccnc3)C(=O)c3cc4c(ccc5ccccc54)oc3=O)sc2c1. The second kappa shape index (κ2) is 8.45. The molecule has 0 N–H and O–H groups in total. The van der Waals surface area contributed by atoms with Gasteiger partial charge in [0.1, 0.15) is 11.1 Å². The van der Waals surface area contributed by atoms with Gasteiger partial charge in [-0.2, -0.15) is 0 Å². The molecule has 3 heterocycles. The van der Waals surface area contributed by atoms with Crippen LogP contribution in [-0.4, -0.2) is 15.9 Å². The Bertz CT molecular complexity index is 1790. The Morgan fingerprint density at radius 3 is 2.74 bits per heavy atom. The Morgan fingerprint density at radius 2 is 1.89 bits per heavy atom. The molecule has 35 heavy (non-hydrogen) atoms. The molecule has 0 radical (unpaired) electrons. The lowest BCUT2D eigenvalue weighted by Gasteiger charge is -2.19. The van der Waals surface area contributed by atoms with Gasteiger partial charge in [0.15, 0.2) is 5.13 Å². The normalized spacial score (nSPS) is 11.3. The summed E-state index contributed by atoms with van der Waals surface area (Å²) in [6, 6.07) is 22.8. The molecule has 1 amide bonds. The molecule has 0 saturated carbocycles. The molecular weight excluding hydrogens is 458 g/mol. The van der Waals surface area contributed by atoms with E-state index < -0.39 is 11.5 Å². The van der Waals surface area contributed by atoms with Crippen LogP contribution in [0, 0.1) is 6.92 Å². The first kappa shape index (κ1) is 21.2. The van der Waals surface area contributed by atoms with Crippen LogP contribution in [0.2, 0.25) is 0 Å². The lowest BCUT2D eigenvalue weighted by atomic mass is 10.0. The van der Waals surface area contributed by atoms with Crippen molar-refractivity contribution in [3.63, 3.8) is 0 Å². The molecule has 0 fully saturated rings. The second-order valence-electron chi connectivity index (χ2n) is 8.37. The first-order valence-electron chi connectivity index (χ1n) is 11.1. The zero-order chi connectivity index (χ0) is 23.9. The van der Waals surface area contributed by atoms with Gasteiger partial charge in [-0.3, -0.25) is 14.7 Å². The van der Waals surface area contributed by atoms with Gasteiger partial charge < -0.3 is 4.42 Å². The van der Waals surface area contributed by atoms with Crippen molar-refractivity contribution in [2.24, 2.45) is 0 Å². The van der Waals surface area contributed by atoms with Crippen molar-refractivity contribution in [1.82, 2.24) is 9.97 Å². The minimum Gasteiger partial charge on any atom is -0.422 e. The van der Waals surface area contributed by atoms with Crippen molar-refractivity contribution in [1.29, 1.82) is 0 Å². The second-order valence-corrected chi connectivity index (χ2v) is 9.38.